The molecule has 2 unspecified atom stereocenters. The van der Waals surface area contributed by atoms with Crippen LogP contribution >= 0.6 is 7.82 Å². The van der Waals surface area contributed by atoms with Crippen molar-refractivity contribution in [2.45, 2.75) is 264 Å². The van der Waals surface area contributed by atoms with E-state index in [-0.39, 0.29) is 25.7 Å². The first-order valence-electron chi connectivity index (χ1n) is 24.5. The molecule has 340 valence electrons. The van der Waals surface area contributed by atoms with Gasteiger partial charge in [0.1, 0.15) is 12.7 Å². The van der Waals surface area contributed by atoms with E-state index in [2.05, 4.69) is 19.2 Å². The average Bonchev–Trinajstić information content (AvgIpc) is 3.20. The lowest BCUT2D eigenvalue weighted by Gasteiger charge is -2.15. The lowest BCUT2D eigenvalue weighted by molar-refractivity contribution is -0.147. The number of amides is 1. The van der Waals surface area contributed by atoms with Crippen LogP contribution in [0.5, 0.6) is 0 Å². The van der Waals surface area contributed by atoms with Crippen LogP contribution in [0.1, 0.15) is 258 Å². The summed E-state index contributed by atoms with van der Waals surface area (Å²) in [5.74, 6) is -0.501. The van der Waals surface area contributed by atoms with Crippen molar-refractivity contribution in [3.8, 4) is 0 Å². The van der Waals surface area contributed by atoms with E-state index in [1.54, 1.807) is 0 Å². The van der Waals surface area contributed by atoms with Crippen LogP contribution in [0.15, 0.2) is 0 Å². The Hall–Kier alpha value is -0.990. The van der Waals surface area contributed by atoms with E-state index in [1.807, 2.05) is 0 Å². The Balaban J connectivity index is 3.49. The van der Waals surface area contributed by atoms with E-state index < -0.39 is 26.5 Å². The second-order valence-electron chi connectivity index (χ2n) is 16.8. The molecule has 2 atom stereocenters. The number of hydrogen-bond acceptors (Lipinski definition) is 7. The molecule has 0 spiro atoms. The molecule has 0 bridgehead atoms. The van der Waals surface area contributed by atoms with Crippen molar-refractivity contribution in [1.29, 1.82) is 0 Å². The molecule has 10 heteroatoms. The molecule has 0 aromatic rings. The van der Waals surface area contributed by atoms with E-state index in [4.69, 9.17) is 13.8 Å². The summed E-state index contributed by atoms with van der Waals surface area (Å²) in [4.78, 5) is 34.0. The predicted octanol–water partition coefficient (Wildman–Crippen LogP) is 14.0. The van der Waals surface area contributed by atoms with Crippen molar-refractivity contribution in [2.75, 3.05) is 26.4 Å². The van der Waals surface area contributed by atoms with Gasteiger partial charge in [0.2, 0.25) is 5.91 Å². The topological polar surface area (TPSA) is 131 Å². The van der Waals surface area contributed by atoms with E-state index in [0.29, 0.717) is 12.8 Å². The Labute approximate surface area is 352 Å². The van der Waals surface area contributed by atoms with Gasteiger partial charge in [-0.05, 0) is 12.8 Å². The summed E-state index contributed by atoms with van der Waals surface area (Å²) < 4.78 is 26.9. The monoisotopic (exact) mass is 832 g/mol. The highest BCUT2D eigenvalue weighted by molar-refractivity contribution is 7.47. The van der Waals surface area contributed by atoms with E-state index in [0.717, 1.165) is 38.5 Å². The number of hydrogen-bond donors (Lipinski definition) is 3. The van der Waals surface area contributed by atoms with E-state index >= 15 is 0 Å². The maximum Gasteiger partial charge on any atom is 0.472 e. The third-order valence-electron chi connectivity index (χ3n) is 11.0. The lowest BCUT2D eigenvalue weighted by atomic mass is 10.0. The number of aliphatic hydroxyl groups is 1. The fourth-order valence-corrected chi connectivity index (χ4v) is 8.08. The van der Waals surface area contributed by atoms with Crippen LogP contribution in [-0.4, -0.2) is 54.3 Å². The number of phosphoric ester groups is 1. The van der Waals surface area contributed by atoms with Gasteiger partial charge in [0.15, 0.2) is 0 Å². The van der Waals surface area contributed by atoms with Gasteiger partial charge >= 0.3 is 13.8 Å². The lowest BCUT2D eigenvalue weighted by Crippen LogP contribution is -2.27. The molecule has 9 nitrogen and oxygen atoms in total. The first kappa shape index (κ1) is 56.0. The molecule has 3 N–H and O–H groups in total. The SMILES string of the molecule is CCCCCCCCCCCCCCCCCCCCCCCCCC(=O)OCC(O)COP(=O)(O)OCCNC(=O)CCCCCCCCCCCCCCC. The maximum absolute atomic E-state index is 12.1. The molecular formula is C47H94NO8P. The van der Waals surface area contributed by atoms with Crippen LogP contribution in [-0.2, 0) is 27.9 Å². The molecule has 0 aliphatic carbocycles. The molecule has 0 aromatic heterocycles. The molecule has 0 saturated carbocycles. The predicted molar refractivity (Wildman–Crippen MR) is 238 cm³/mol. The number of esters is 1. The Morgan fingerprint density at radius 1 is 0.474 bits per heavy atom. The number of aliphatic hydroxyl groups excluding tert-OH is 1. The average molecular weight is 832 g/mol. The van der Waals surface area contributed by atoms with Crippen molar-refractivity contribution in [1.82, 2.24) is 5.32 Å². The maximum atomic E-state index is 12.1. The van der Waals surface area contributed by atoms with Gasteiger partial charge in [-0.15, -0.1) is 0 Å². The highest BCUT2D eigenvalue weighted by Crippen LogP contribution is 2.42. The van der Waals surface area contributed by atoms with Gasteiger partial charge in [-0.3, -0.25) is 18.6 Å². The third-order valence-corrected chi connectivity index (χ3v) is 12.0. The minimum Gasteiger partial charge on any atom is -0.463 e. The number of ether oxygens (including phenoxy) is 1. The quantitative estimate of drug-likeness (QED) is 0.0314. The van der Waals surface area contributed by atoms with Gasteiger partial charge < -0.3 is 20.1 Å². The number of phosphoric acid groups is 1. The summed E-state index contributed by atoms with van der Waals surface area (Å²) in [6, 6.07) is 0. The summed E-state index contributed by atoms with van der Waals surface area (Å²) in [5, 5.41) is 12.7. The molecule has 0 radical (unpaired) electrons. The van der Waals surface area contributed by atoms with Gasteiger partial charge in [-0.25, -0.2) is 4.57 Å². The van der Waals surface area contributed by atoms with Crippen molar-refractivity contribution < 1.29 is 37.9 Å². The summed E-state index contributed by atoms with van der Waals surface area (Å²) in [6.07, 6.45) is 46.2. The molecule has 0 aromatic carbocycles. The number of unbranched alkanes of at least 4 members (excludes halogenated alkanes) is 34. The Kier molecular flexibility index (Phi) is 43.8. The zero-order chi connectivity index (χ0) is 41.8. The second kappa shape index (κ2) is 44.6. The zero-order valence-electron chi connectivity index (χ0n) is 37.6. The summed E-state index contributed by atoms with van der Waals surface area (Å²) in [6.45, 7) is 3.61. The molecule has 0 heterocycles. The second-order valence-corrected chi connectivity index (χ2v) is 18.3. The van der Waals surface area contributed by atoms with Crippen LogP contribution in [0.3, 0.4) is 0 Å². The Bertz CT molecular complexity index is 907. The summed E-state index contributed by atoms with van der Waals surface area (Å²) in [5.41, 5.74) is 0. The highest BCUT2D eigenvalue weighted by atomic mass is 31.2. The summed E-state index contributed by atoms with van der Waals surface area (Å²) >= 11 is 0. The largest absolute Gasteiger partial charge is 0.472 e. The Morgan fingerprint density at radius 3 is 1.14 bits per heavy atom. The Morgan fingerprint density at radius 2 is 0.789 bits per heavy atom. The molecule has 0 aliphatic rings. The van der Waals surface area contributed by atoms with Gasteiger partial charge in [0.05, 0.1) is 13.2 Å². The van der Waals surface area contributed by atoms with Crippen LogP contribution in [0.4, 0.5) is 0 Å². The van der Waals surface area contributed by atoms with E-state index in [9.17, 15) is 24.2 Å². The van der Waals surface area contributed by atoms with Gasteiger partial charge in [-0.1, -0.05) is 232 Å². The molecular weight excluding hydrogens is 737 g/mol. The number of carbonyl (C=O) groups excluding carboxylic acids is 2. The van der Waals surface area contributed by atoms with Crippen molar-refractivity contribution in [3.63, 3.8) is 0 Å². The van der Waals surface area contributed by atoms with Crippen LogP contribution in [0.2, 0.25) is 0 Å². The number of rotatable bonds is 47. The minimum absolute atomic E-state index is 0.0882. The molecule has 57 heavy (non-hydrogen) atoms. The zero-order valence-corrected chi connectivity index (χ0v) is 38.5. The van der Waals surface area contributed by atoms with E-state index in [1.165, 1.54) is 193 Å². The standard InChI is InChI=1S/C47H94NO8P/c1-3-5-7-9-11-13-15-17-18-19-20-21-22-23-24-25-26-28-30-32-34-36-38-40-47(51)54-43-45(49)44-56-57(52,53)55-42-41-48-46(50)39-37-35-33-31-29-27-16-14-12-10-8-6-4-2/h45,49H,3-44H2,1-2H3,(H,48,50)(H,52,53). The molecule has 0 rings (SSSR count). The van der Waals surface area contributed by atoms with Crippen LogP contribution in [0.25, 0.3) is 0 Å². The number of nitrogens with one attached hydrogen (secondary N) is 1. The third kappa shape index (κ3) is 45.9. The molecule has 0 fully saturated rings. The smallest absolute Gasteiger partial charge is 0.463 e. The summed E-state index contributed by atoms with van der Waals surface area (Å²) in [7, 11) is -4.41. The van der Waals surface area contributed by atoms with Crippen LogP contribution in [0, 0.1) is 0 Å². The molecule has 0 saturated heterocycles. The fourth-order valence-electron chi connectivity index (χ4n) is 7.32. The fraction of sp³-hybridized carbons (Fsp3) is 0.957. The van der Waals surface area contributed by atoms with Crippen molar-refractivity contribution >= 4 is 19.7 Å². The van der Waals surface area contributed by atoms with Crippen molar-refractivity contribution in [2.24, 2.45) is 0 Å². The van der Waals surface area contributed by atoms with Gasteiger partial charge in [-0.2, -0.15) is 0 Å². The molecule has 0 aliphatic heterocycles. The highest BCUT2D eigenvalue weighted by Gasteiger charge is 2.23. The first-order chi connectivity index (χ1) is 27.8. The van der Waals surface area contributed by atoms with Gasteiger partial charge in [0.25, 0.3) is 0 Å². The van der Waals surface area contributed by atoms with Crippen LogP contribution < -0.4 is 5.32 Å². The first-order valence-corrected chi connectivity index (χ1v) is 26.0. The molecule has 1 amide bonds. The van der Waals surface area contributed by atoms with Gasteiger partial charge in [0, 0.05) is 19.4 Å². The minimum atomic E-state index is -4.41. The normalized spacial score (nSPS) is 13.1. The number of carbonyl (C=O) groups is 2. The van der Waals surface area contributed by atoms with Crippen molar-refractivity contribution in [3.05, 3.63) is 0 Å².